The Balaban J connectivity index is 2.22. The molecule has 1 N–H and O–H groups in total. The minimum absolute atomic E-state index is 0.112. The van der Waals surface area contributed by atoms with Crippen molar-refractivity contribution in [2.75, 3.05) is 26.8 Å². The Hall–Kier alpha value is -0.410. The maximum atomic E-state index is 12.6. The number of ether oxygens (including phenoxy) is 1. The molecule has 0 bridgehead atoms. The van der Waals surface area contributed by atoms with Gasteiger partial charge in [-0.15, -0.1) is 0 Å². The van der Waals surface area contributed by atoms with E-state index >= 15 is 0 Å². The molecule has 1 atom stereocenters. The molecule has 8 heteroatoms. The summed E-state index contributed by atoms with van der Waals surface area (Å²) in [5.74, 6) is 0.591. The van der Waals surface area contributed by atoms with Crippen LogP contribution in [0.5, 0.6) is 0 Å². The number of hydrogen-bond acceptors (Lipinski definition) is 5. The third kappa shape index (κ3) is 3.25. The lowest BCUT2D eigenvalue weighted by molar-refractivity contribution is 0.181. The maximum Gasteiger partial charge on any atom is 0.247 e. The van der Waals surface area contributed by atoms with E-state index in [4.69, 9.17) is 9.15 Å². The van der Waals surface area contributed by atoms with E-state index in [0.717, 1.165) is 13.0 Å². The Bertz CT molecular complexity index is 552. The molecule has 1 aromatic heterocycles. The highest BCUT2D eigenvalue weighted by atomic mass is 79.9. The molecule has 1 aliphatic rings. The highest BCUT2D eigenvalue weighted by molar-refractivity contribution is 9.10. The minimum atomic E-state index is -3.57. The number of hydrogen-bond donors (Lipinski definition) is 1. The lowest BCUT2D eigenvalue weighted by Crippen LogP contribution is -2.37. The average Bonchev–Trinajstić information content (AvgIpc) is 3.04. The molecule has 1 aromatic rings. The quantitative estimate of drug-likeness (QED) is 0.826. The van der Waals surface area contributed by atoms with E-state index in [1.807, 2.05) is 6.92 Å². The molecule has 6 nitrogen and oxygen atoms in total. The molecule has 2 rings (SSSR count). The summed E-state index contributed by atoms with van der Waals surface area (Å²) in [6.07, 6.45) is 0.718. The lowest BCUT2D eigenvalue weighted by Gasteiger charge is -2.21. The van der Waals surface area contributed by atoms with Crippen molar-refractivity contribution in [3.63, 3.8) is 0 Å². The molecule has 0 saturated carbocycles. The van der Waals surface area contributed by atoms with Gasteiger partial charge < -0.3 is 14.5 Å². The summed E-state index contributed by atoms with van der Waals surface area (Å²) in [5.41, 5.74) is 0. The number of nitrogens with zero attached hydrogens (tertiary/aromatic N) is 1. The van der Waals surface area contributed by atoms with Crippen molar-refractivity contribution >= 4 is 26.0 Å². The second-order valence-electron chi connectivity index (χ2n) is 4.67. The van der Waals surface area contributed by atoms with Gasteiger partial charge in [0.25, 0.3) is 0 Å². The van der Waals surface area contributed by atoms with Gasteiger partial charge in [0.05, 0.1) is 19.2 Å². The van der Waals surface area contributed by atoms with Gasteiger partial charge >= 0.3 is 0 Å². The van der Waals surface area contributed by atoms with Crippen molar-refractivity contribution in [1.82, 2.24) is 9.62 Å². The van der Waals surface area contributed by atoms with Crippen LogP contribution < -0.4 is 5.32 Å². The molecule has 20 heavy (non-hydrogen) atoms. The van der Waals surface area contributed by atoms with Crippen molar-refractivity contribution in [1.29, 1.82) is 0 Å². The van der Waals surface area contributed by atoms with Crippen LogP contribution in [0.1, 0.15) is 19.1 Å². The summed E-state index contributed by atoms with van der Waals surface area (Å²) < 4.78 is 37.5. The molecular formula is C12H19BrN2O4S. The monoisotopic (exact) mass is 366 g/mol. The van der Waals surface area contributed by atoms with E-state index in [0.29, 0.717) is 25.5 Å². The highest BCUT2D eigenvalue weighted by Gasteiger charge is 2.33. The molecule has 0 aliphatic carbocycles. The summed E-state index contributed by atoms with van der Waals surface area (Å²) in [7, 11) is -1.99. The van der Waals surface area contributed by atoms with Crippen LogP contribution in [-0.4, -0.2) is 45.6 Å². The van der Waals surface area contributed by atoms with E-state index in [2.05, 4.69) is 21.2 Å². The van der Waals surface area contributed by atoms with Crippen LogP contribution in [0, 0.1) is 0 Å². The molecule has 0 radical (unpaired) electrons. The predicted octanol–water partition coefficient (Wildman–Crippen LogP) is 1.56. The molecule has 1 fully saturated rings. The number of halogens is 1. The molecule has 0 aromatic carbocycles. The van der Waals surface area contributed by atoms with Crippen LogP contribution in [-0.2, 0) is 21.3 Å². The third-order valence-corrected chi connectivity index (χ3v) is 6.10. The fraction of sp³-hybridized carbons (Fsp3) is 0.667. The van der Waals surface area contributed by atoms with E-state index in [1.54, 1.807) is 13.1 Å². The van der Waals surface area contributed by atoms with Gasteiger partial charge in [-0.3, -0.25) is 0 Å². The van der Waals surface area contributed by atoms with Crippen LogP contribution in [0.2, 0.25) is 0 Å². The van der Waals surface area contributed by atoms with Gasteiger partial charge in [-0.1, -0.05) is 6.92 Å². The van der Waals surface area contributed by atoms with Gasteiger partial charge in [0.1, 0.15) is 10.7 Å². The Labute approximate surface area is 127 Å². The summed E-state index contributed by atoms with van der Waals surface area (Å²) >= 11 is 3.19. The van der Waals surface area contributed by atoms with E-state index in [9.17, 15) is 8.42 Å². The predicted molar refractivity (Wildman–Crippen MR) is 78.0 cm³/mol. The normalized spacial score (nSPS) is 19.9. The SMILES string of the molecule is CCNCc1cc(S(=O)(=O)N(C)C2CCOC2)c(Br)o1. The third-order valence-electron chi connectivity index (χ3n) is 3.33. The van der Waals surface area contributed by atoms with Crippen molar-refractivity contribution < 1.29 is 17.6 Å². The highest BCUT2D eigenvalue weighted by Crippen LogP contribution is 2.30. The number of furan rings is 1. The van der Waals surface area contributed by atoms with Crippen LogP contribution in [0.15, 0.2) is 20.0 Å². The lowest BCUT2D eigenvalue weighted by atomic mass is 10.3. The number of nitrogens with one attached hydrogen (secondary N) is 1. The summed E-state index contributed by atoms with van der Waals surface area (Å²) in [5, 5.41) is 3.10. The molecule has 1 aliphatic heterocycles. The van der Waals surface area contributed by atoms with E-state index in [1.165, 1.54) is 4.31 Å². The topological polar surface area (TPSA) is 71.8 Å². The first-order chi connectivity index (χ1) is 9.46. The zero-order valence-corrected chi connectivity index (χ0v) is 14.0. The first kappa shape index (κ1) is 16.0. The Morgan fingerprint density at radius 1 is 1.55 bits per heavy atom. The molecule has 114 valence electrons. The van der Waals surface area contributed by atoms with Gasteiger partial charge in [-0.2, -0.15) is 4.31 Å². The van der Waals surface area contributed by atoms with E-state index < -0.39 is 10.0 Å². The summed E-state index contributed by atoms with van der Waals surface area (Å²) in [6, 6.07) is 1.45. The van der Waals surface area contributed by atoms with Gasteiger partial charge in [0.2, 0.25) is 10.0 Å². The van der Waals surface area contributed by atoms with Gasteiger partial charge in [-0.05, 0) is 28.9 Å². The first-order valence-electron chi connectivity index (χ1n) is 6.51. The average molecular weight is 367 g/mol. The molecule has 1 saturated heterocycles. The first-order valence-corrected chi connectivity index (χ1v) is 8.74. The fourth-order valence-corrected chi connectivity index (χ4v) is 4.40. The van der Waals surface area contributed by atoms with Gasteiger partial charge in [0, 0.05) is 19.7 Å². The Morgan fingerprint density at radius 3 is 2.90 bits per heavy atom. The molecular weight excluding hydrogens is 348 g/mol. The standard InChI is InChI=1S/C12H19BrN2O4S/c1-3-14-7-10-6-11(12(13)19-10)20(16,17)15(2)9-4-5-18-8-9/h6,9,14H,3-5,7-8H2,1-2H3. The van der Waals surface area contributed by atoms with Gasteiger partial charge in [0.15, 0.2) is 4.67 Å². The van der Waals surface area contributed by atoms with Crippen molar-refractivity contribution in [2.24, 2.45) is 0 Å². The Morgan fingerprint density at radius 2 is 2.30 bits per heavy atom. The van der Waals surface area contributed by atoms with Crippen molar-refractivity contribution in [3.8, 4) is 0 Å². The second-order valence-corrected chi connectivity index (χ2v) is 7.36. The largest absolute Gasteiger partial charge is 0.452 e. The van der Waals surface area contributed by atoms with E-state index in [-0.39, 0.29) is 15.6 Å². The van der Waals surface area contributed by atoms with Crippen molar-refractivity contribution in [2.45, 2.75) is 30.8 Å². The number of likely N-dealkylation sites (N-methyl/N-ethyl adjacent to an activating group) is 1. The maximum absolute atomic E-state index is 12.6. The van der Waals surface area contributed by atoms with Crippen LogP contribution in [0.25, 0.3) is 0 Å². The zero-order chi connectivity index (χ0) is 14.8. The van der Waals surface area contributed by atoms with Crippen LogP contribution in [0.3, 0.4) is 0 Å². The summed E-state index contributed by atoms with van der Waals surface area (Å²) in [4.78, 5) is 0.166. The Kier molecular flexibility index (Phi) is 5.25. The van der Waals surface area contributed by atoms with Crippen LogP contribution >= 0.6 is 15.9 Å². The minimum Gasteiger partial charge on any atom is -0.452 e. The molecule has 1 unspecified atom stereocenters. The van der Waals surface area contributed by atoms with Crippen molar-refractivity contribution in [3.05, 3.63) is 16.5 Å². The smallest absolute Gasteiger partial charge is 0.247 e. The zero-order valence-electron chi connectivity index (χ0n) is 11.6. The fourth-order valence-electron chi connectivity index (χ4n) is 2.07. The second kappa shape index (κ2) is 6.57. The summed E-state index contributed by atoms with van der Waals surface area (Å²) in [6.45, 7) is 4.31. The van der Waals surface area contributed by atoms with Crippen LogP contribution in [0.4, 0.5) is 0 Å². The molecule has 0 spiro atoms. The van der Waals surface area contributed by atoms with Gasteiger partial charge in [-0.25, -0.2) is 8.42 Å². The molecule has 2 heterocycles. The molecule has 0 amide bonds. The number of sulfonamides is 1. The number of rotatable bonds is 6.